The molecule has 1 fully saturated rings. The average molecular weight is 218 g/mol. The van der Waals surface area contributed by atoms with E-state index < -0.39 is 0 Å². The third-order valence-corrected chi connectivity index (χ3v) is 2.88. The van der Waals surface area contributed by atoms with Gasteiger partial charge in [-0.2, -0.15) is 0 Å². The Bertz CT molecular complexity index is 429. The van der Waals surface area contributed by atoms with Gasteiger partial charge in [0.2, 0.25) is 12.3 Å². The number of hydrogen-bond acceptors (Lipinski definition) is 2. The predicted octanol–water partition coefficient (Wildman–Crippen LogP) is 1.69. The second-order valence-corrected chi connectivity index (χ2v) is 3.86. The lowest BCUT2D eigenvalue weighted by Crippen LogP contribution is -2.24. The Morgan fingerprint density at radius 1 is 1.44 bits per heavy atom. The number of anilines is 2. The van der Waals surface area contributed by atoms with Gasteiger partial charge < -0.3 is 10.2 Å². The summed E-state index contributed by atoms with van der Waals surface area (Å²) in [7, 11) is 0. The first kappa shape index (κ1) is 10.7. The van der Waals surface area contributed by atoms with Gasteiger partial charge in [-0.1, -0.05) is 6.07 Å². The van der Waals surface area contributed by atoms with Gasteiger partial charge in [0.15, 0.2) is 0 Å². The monoisotopic (exact) mass is 218 g/mol. The third kappa shape index (κ3) is 1.78. The number of carbonyl (C=O) groups is 2. The normalized spacial score (nSPS) is 15.3. The van der Waals surface area contributed by atoms with Crippen LogP contribution in [0.4, 0.5) is 11.4 Å². The molecule has 2 rings (SSSR count). The van der Waals surface area contributed by atoms with Crippen molar-refractivity contribution in [2.45, 2.75) is 19.8 Å². The highest BCUT2D eigenvalue weighted by Gasteiger charge is 2.23. The Balaban J connectivity index is 2.37. The number of rotatable bonds is 3. The van der Waals surface area contributed by atoms with Crippen molar-refractivity contribution < 1.29 is 9.59 Å². The summed E-state index contributed by atoms with van der Waals surface area (Å²) in [6, 6.07) is 5.59. The summed E-state index contributed by atoms with van der Waals surface area (Å²) in [5, 5.41) is 2.64. The van der Waals surface area contributed by atoms with Crippen LogP contribution in [0.5, 0.6) is 0 Å². The molecular formula is C12H14N2O2. The highest BCUT2D eigenvalue weighted by molar-refractivity contribution is 5.97. The molecule has 0 aromatic heterocycles. The van der Waals surface area contributed by atoms with E-state index in [2.05, 4.69) is 5.32 Å². The minimum absolute atomic E-state index is 0.159. The first-order valence-corrected chi connectivity index (χ1v) is 5.34. The molecule has 1 saturated heterocycles. The molecule has 0 radical (unpaired) electrons. The fourth-order valence-corrected chi connectivity index (χ4v) is 2.04. The van der Waals surface area contributed by atoms with Crippen molar-refractivity contribution in [3.05, 3.63) is 23.8 Å². The molecule has 16 heavy (non-hydrogen) atoms. The Morgan fingerprint density at radius 3 is 2.88 bits per heavy atom. The van der Waals surface area contributed by atoms with Gasteiger partial charge in [-0.15, -0.1) is 0 Å². The summed E-state index contributed by atoms with van der Waals surface area (Å²) >= 11 is 0. The summed E-state index contributed by atoms with van der Waals surface area (Å²) in [4.78, 5) is 23.8. The van der Waals surface area contributed by atoms with Gasteiger partial charge in [-0.05, 0) is 31.0 Å². The van der Waals surface area contributed by atoms with Crippen molar-refractivity contribution in [1.82, 2.24) is 0 Å². The summed E-state index contributed by atoms with van der Waals surface area (Å²) in [5.74, 6) is 0.159. The molecule has 1 heterocycles. The van der Waals surface area contributed by atoms with Gasteiger partial charge in [0.05, 0.1) is 0 Å². The van der Waals surface area contributed by atoms with E-state index in [0.717, 1.165) is 29.9 Å². The lowest BCUT2D eigenvalue weighted by atomic mass is 10.1. The van der Waals surface area contributed by atoms with Crippen LogP contribution in [0.3, 0.4) is 0 Å². The molecule has 4 nitrogen and oxygen atoms in total. The van der Waals surface area contributed by atoms with E-state index in [4.69, 9.17) is 0 Å². The van der Waals surface area contributed by atoms with Crippen molar-refractivity contribution >= 4 is 23.7 Å². The summed E-state index contributed by atoms with van der Waals surface area (Å²) in [6.07, 6.45) is 2.17. The molecule has 84 valence electrons. The van der Waals surface area contributed by atoms with Gasteiger partial charge in [-0.25, -0.2) is 0 Å². The van der Waals surface area contributed by atoms with Crippen molar-refractivity contribution in [3.8, 4) is 0 Å². The average Bonchev–Trinajstić information content (AvgIpc) is 2.68. The van der Waals surface area contributed by atoms with Crippen molar-refractivity contribution in [2.75, 3.05) is 16.8 Å². The summed E-state index contributed by atoms with van der Waals surface area (Å²) in [6.45, 7) is 2.68. The first-order valence-electron chi connectivity index (χ1n) is 5.34. The van der Waals surface area contributed by atoms with Crippen LogP contribution in [0.1, 0.15) is 18.4 Å². The standard InChI is InChI=1S/C12H14N2O2/c1-9-10(13-8-15)4-2-5-11(9)14-7-3-6-12(14)16/h2,4-5,8H,3,6-7H2,1H3,(H,13,15). The zero-order valence-corrected chi connectivity index (χ0v) is 9.19. The highest BCUT2D eigenvalue weighted by Crippen LogP contribution is 2.29. The molecule has 2 amide bonds. The molecule has 1 aromatic carbocycles. The third-order valence-electron chi connectivity index (χ3n) is 2.88. The predicted molar refractivity (Wildman–Crippen MR) is 62.5 cm³/mol. The second kappa shape index (κ2) is 4.35. The molecule has 1 aliphatic rings. The molecule has 0 aliphatic carbocycles. The summed E-state index contributed by atoms with van der Waals surface area (Å²) < 4.78 is 0. The molecule has 0 bridgehead atoms. The van der Waals surface area contributed by atoms with E-state index in [1.165, 1.54) is 0 Å². The number of amides is 2. The lowest BCUT2D eigenvalue weighted by Gasteiger charge is -2.19. The topological polar surface area (TPSA) is 49.4 Å². The van der Waals surface area contributed by atoms with E-state index in [9.17, 15) is 9.59 Å². The quantitative estimate of drug-likeness (QED) is 0.785. The Labute approximate surface area is 94.2 Å². The number of nitrogens with zero attached hydrogens (tertiary/aromatic N) is 1. The Hall–Kier alpha value is -1.84. The molecule has 1 N–H and O–H groups in total. The minimum atomic E-state index is 0.159. The van der Waals surface area contributed by atoms with E-state index in [1.54, 1.807) is 4.90 Å². The zero-order valence-electron chi connectivity index (χ0n) is 9.19. The maximum absolute atomic E-state index is 11.6. The van der Waals surface area contributed by atoms with E-state index >= 15 is 0 Å². The smallest absolute Gasteiger partial charge is 0.227 e. The van der Waals surface area contributed by atoms with Gasteiger partial charge in [0.25, 0.3) is 0 Å². The van der Waals surface area contributed by atoms with Crippen LogP contribution in [-0.4, -0.2) is 18.9 Å². The van der Waals surface area contributed by atoms with Crippen LogP contribution >= 0.6 is 0 Å². The molecule has 0 unspecified atom stereocenters. The molecule has 0 saturated carbocycles. The van der Waals surface area contributed by atoms with Crippen LogP contribution in [-0.2, 0) is 9.59 Å². The molecule has 0 spiro atoms. The zero-order chi connectivity index (χ0) is 11.5. The van der Waals surface area contributed by atoms with E-state index in [-0.39, 0.29) is 5.91 Å². The molecule has 1 aliphatic heterocycles. The van der Waals surface area contributed by atoms with Crippen molar-refractivity contribution in [1.29, 1.82) is 0 Å². The van der Waals surface area contributed by atoms with Crippen LogP contribution in [0.25, 0.3) is 0 Å². The van der Waals surface area contributed by atoms with Gasteiger partial charge in [0.1, 0.15) is 0 Å². The van der Waals surface area contributed by atoms with Crippen molar-refractivity contribution in [3.63, 3.8) is 0 Å². The van der Waals surface area contributed by atoms with E-state index in [0.29, 0.717) is 12.8 Å². The van der Waals surface area contributed by atoms with Gasteiger partial charge >= 0.3 is 0 Å². The maximum atomic E-state index is 11.6. The molecule has 1 aromatic rings. The lowest BCUT2D eigenvalue weighted by molar-refractivity contribution is -0.117. The SMILES string of the molecule is Cc1c(NC=O)cccc1N1CCCC1=O. The van der Waals surface area contributed by atoms with Crippen molar-refractivity contribution in [2.24, 2.45) is 0 Å². The summed E-state index contributed by atoms with van der Waals surface area (Å²) in [5.41, 5.74) is 2.59. The van der Waals surface area contributed by atoms with Crippen LogP contribution in [0.15, 0.2) is 18.2 Å². The number of nitrogens with one attached hydrogen (secondary N) is 1. The molecular weight excluding hydrogens is 204 g/mol. The largest absolute Gasteiger partial charge is 0.328 e. The number of benzene rings is 1. The van der Waals surface area contributed by atoms with Crippen LogP contribution < -0.4 is 10.2 Å². The molecule has 0 atom stereocenters. The molecule has 4 heteroatoms. The number of hydrogen-bond donors (Lipinski definition) is 1. The van der Waals surface area contributed by atoms with E-state index in [1.807, 2.05) is 25.1 Å². The second-order valence-electron chi connectivity index (χ2n) is 3.86. The van der Waals surface area contributed by atoms with Gasteiger partial charge in [-0.3, -0.25) is 9.59 Å². The maximum Gasteiger partial charge on any atom is 0.227 e. The minimum Gasteiger partial charge on any atom is -0.328 e. The van der Waals surface area contributed by atoms with Gasteiger partial charge in [0, 0.05) is 24.3 Å². The first-order chi connectivity index (χ1) is 7.74. The fourth-order valence-electron chi connectivity index (χ4n) is 2.04. The van der Waals surface area contributed by atoms with Crippen LogP contribution in [0, 0.1) is 6.92 Å². The highest BCUT2D eigenvalue weighted by atomic mass is 16.2. The number of carbonyl (C=O) groups excluding carboxylic acids is 2. The van der Waals surface area contributed by atoms with Crippen LogP contribution in [0.2, 0.25) is 0 Å². The Morgan fingerprint density at radius 2 is 2.25 bits per heavy atom. The fraction of sp³-hybridized carbons (Fsp3) is 0.333. The Kier molecular flexibility index (Phi) is 2.90.